The van der Waals surface area contributed by atoms with E-state index in [0.717, 1.165) is 0 Å². The van der Waals surface area contributed by atoms with Crippen LogP contribution in [0.4, 0.5) is 0 Å². The quantitative estimate of drug-likeness (QED) is 0.591. The summed E-state index contributed by atoms with van der Waals surface area (Å²) in [7, 11) is 0. The normalized spacial score (nSPS) is 6.00. The standard InChI is InChI=1S/C5H5N.CHO2.Cr/c1-2-4-6-5-3-1;2-1-3;/h1-5H;(H,2,3);/q;-1;. The minimum atomic E-state index is 0. The predicted octanol–water partition coefficient (Wildman–Crippen LogP) is 0.691. The predicted molar refractivity (Wildman–Crippen MR) is 32.6 cm³/mol. The zero-order chi connectivity index (χ0) is 6.95. The van der Waals surface area contributed by atoms with Crippen LogP contribution in [0.3, 0.4) is 0 Å². The third kappa shape index (κ3) is 10.2. The van der Waals surface area contributed by atoms with Crippen LogP contribution < -0.4 is 0 Å². The molecule has 0 aliphatic rings. The van der Waals surface area contributed by atoms with Crippen LogP contribution in [0.2, 0.25) is 0 Å². The summed E-state index contributed by atoms with van der Waals surface area (Å²) in [6.07, 6.45) is 3.50. The molecule has 1 N–H and O–H groups in total. The van der Waals surface area contributed by atoms with E-state index in [1.54, 1.807) is 12.4 Å². The molecular weight excluding hydrogens is 170 g/mol. The fourth-order valence-electron chi connectivity index (χ4n) is 0.313. The van der Waals surface area contributed by atoms with Gasteiger partial charge in [0.2, 0.25) is 0 Å². The molecule has 0 amide bonds. The average molecular weight is 176 g/mol. The number of rotatable bonds is 0. The molecule has 0 bridgehead atoms. The third-order valence-electron chi connectivity index (χ3n) is 0.566. The van der Waals surface area contributed by atoms with Gasteiger partial charge in [-0.15, -0.1) is 0 Å². The number of aromatic nitrogens is 1. The second kappa shape index (κ2) is 11.0. The van der Waals surface area contributed by atoms with Crippen molar-refractivity contribution in [2.45, 2.75) is 0 Å². The van der Waals surface area contributed by atoms with Gasteiger partial charge in [0.1, 0.15) is 0 Å². The molecule has 1 aromatic rings. The third-order valence-corrected chi connectivity index (χ3v) is 0.566. The average Bonchev–Trinajstić information content (AvgIpc) is 1.93. The first-order valence-electron chi connectivity index (χ1n) is 2.28. The van der Waals surface area contributed by atoms with Gasteiger partial charge >= 0.3 is 0 Å². The Morgan fingerprint density at radius 1 is 1.20 bits per heavy atom. The molecule has 0 aliphatic heterocycles. The maximum Gasteiger partial charge on any atom is 0.0267 e. The molecule has 0 aromatic carbocycles. The summed E-state index contributed by atoms with van der Waals surface area (Å²) in [5.41, 5.74) is 0. The zero-order valence-electron chi connectivity index (χ0n) is 5.10. The van der Waals surface area contributed by atoms with Crippen molar-refractivity contribution in [2.75, 3.05) is 0 Å². The Kier molecular flexibility index (Phi) is 13.1. The number of aliphatic hydroxyl groups excluding tert-OH is 1. The Morgan fingerprint density at radius 2 is 1.60 bits per heavy atom. The van der Waals surface area contributed by atoms with Gasteiger partial charge in [0, 0.05) is 29.8 Å². The van der Waals surface area contributed by atoms with E-state index in [1.165, 1.54) is 0 Å². The largest absolute Gasteiger partial charge is 0.665 e. The van der Waals surface area contributed by atoms with E-state index in [1.807, 2.05) is 18.2 Å². The van der Waals surface area contributed by atoms with Crippen molar-refractivity contribution in [3.8, 4) is 0 Å². The molecule has 1 aromatic heterocycles. The van der Waals surface area contributed by atoms with E-state index in [0.29, 0.717) is 6.47 Å². The van der Waals surface area contributed by atoms with Crippen LogP contribution in [0.1, 0.15) is 0 Å². The molecule has 4 heteroatoms. The molecule has 1 rings (SSSR count). The van der Waals surface area contributed by atoms with Gasteiger partial charge in [0.15, 0.2) is 0 Å². The Bertz CT molecular complexity index is 119. The monoisotopic (exact) mass is 176 g/mol. The smallest absolute Gasteiger partial charge is 0.0267 e. The first kappa shape index (κ1) is 11.9. The fourth-order valence-corrected chi connectivity index (χ4v) is 0.313. The molecule has 0 spiro atoms. The maximum absolute atomic E-state index is 8.24. The molecule has 0 fully saturated rings. The molecule has 54 valence electrons. The number of nitrogens with zero attached hydrogens (tertiary/aromatic N) is 1. The van der Waals surface area contributed by atoms with Gasteiger partial charge in [-0.1, -0.05) is 12.5 Å². The minimum absolute atomic E-state index is 0. The summed E-state index contributed by atoms with van der Waals surface area (Å²) >= 11 is 0. The first-order valence-corrected chi connectivity index (χ1v) is 2.28. The van der Waals surface area contributed by atoms with Crippen LogP contribution in [-0.4, -0.2) is 16.6 Å². The van der Waals surface area contributed by atoms with Crippen molar-refractivity contribution in [2.24, 2.45) is 0 Å². The van der Waals surface area contributed by atoms with Crippen molar-refractivity contribution < 1.29 is 27.3 Å². The second-order valence-corrected chi connectivity index (χ2v) is 1.12. The van der Waals surface area contributed by atoms with Crippen LogP contribution in [0.5, 0.6) is 0 Å². The first-order chi connectivity index (χ1) is 4.41. The summed E-state index contributed by atoms with van der Waals surface area (Å²) in [5, 5.41) is 6.76. The van der Waals surface area contributed by atoms with Crippen LogP contribution in [0.15, 0.2) is 30.6 Å². The van der Waals surface area contributed by atoms with E-state index in [9.17, 15) is 0 Å². The van der Waals surface area contributed by atoms with Gasteiger partial charge in [-0.05, 0) is 12.1 Å². The summed E-state index contributed by atoms with van der Waals surface area (Å²) in [6.45, 7) is 0.500. The SMILES string of the molecule is O=[C-]O.[Cr].c1ccncc1. The van der Waals surface area contributed by atoms with Crippen LogP contribution in [0, 0.1) is 0 Å². The summed E-state index contributed by atoms with van der Waals surface area (Å²) in [6, 6.07) is 5.72. The van der Waals surface area contributed by atoms with E-state index in [-0.39, 0.29) is 17.4 Å². The molecule has 0 unspecified atom stereocenters. The molecular formula is C6H6CrNO2-. The van der Waals surface area contributed by atoms with E-state index in [2.05, 4.69) is 4.98 Å². The summed E-state index contributed by atoms with van der Waals surface area (Å²) in [5.74, 6) is 0. The molecule has 0 saturated carbocycles. The molecule has 0 radical (unpaired) electrons. The van der Waals surface area contributed by atoms with Crippen molar-refractivity contribution >= 4 is 6.47 Å². The molecule has 10 heavy (non-hydrogen) atoms. The zero-order valence-corrected chi connectivity index (χ0v) is 6.37. The summed E-state index contributed by atoms with van der Waals surface area (Å²) < 4.78 is 0. The Balaban J connectivity index is 0. The van der Waals surface area contributed by atoms with E-state index in [4.69, 9.17) is 9.90 Å². The van der Waals surface area contributed by atoms with E-state index < -0.39 is 0 Å². The van der Waals surface area contributed by atoms with Crippen molar-refractivity contribution in [1.82, 2.24) is 4.98 Å². The molecule has 1 heterocycles. The van der Waals surface area contributed by atoms with Gasteiger partial charge in [-0.2, -0.15) is 0 Å². The Labute approximate surface area is 69.9 Å². The maximum atomic E-state index is 8.24. The molecule has 0 aliphatic carbocycles. The van der Waals surface area contributed by atoms with Crippen molar-refractivity contribution in [3.63, 3.8) is 0 Å². The number of hydrogen-bond acceptors (Lipinski definition) is 2. The molecule has 3 nitrogen and oxygen atoms in total. The minimum Gasteiger partial charge on any atom is -0.665 e. The van der Waals surface area contributed by atoms with Gasteiger partial charge in [0.25, 0.3) is 0 Å². The number of pyridine rings is 1. The Morgan fingerprint density at radius 3 is 1.70 bits per heavy atom. The fraction of sp³-hybridized carbons (Fsp3) is 0. The van der Waals surface area contributed by atoms with Crippen molar-refractivity contribution in [3.05, 3.63) is 30.6 Å². The Hall–Kier alpha value is -0.848. The number of hydrogen-bond donors (Lipinski definition) is 1. The second-order valence-electron chi connectivity index (χ2n) is 1.12. The van der Waals surface area contributed by atoms with E-state index >= 15 is 0 Å². The van der Waals surface area contributed by atoms with Crippen LogP contribution in [0.25, 0.3) is 0 Å². The van der Waals surface area contributed by atoms with Crippen LogP contribution >= 0.6 is 0 Å². The van der Waals surface area contributed by atoms with Crippen LogP contribution in [-0.2, 0) is 22.2 Å². The van der Waals surface area contributed by atoms with Gasteiger partial charge in [0.05, 0.1) is 0 Å². The van der Waals surface area contributed by atoms with Gasteiger partial charge < -0.3 is 9.90 Å². The topological polar surface area (TPSA) is 50.2 Å². The summed E-state index contributed by atoms with van der Waals surface area (Å²) in [4.78, 5) is 12.0. The molecule has 0 atom stereocenters. The van der Waals surface area contributed by atoms with Crippen molar-refractivity contribution in [1.29, 1.82) is 0 Å². The van der Waals surface area contributed by atoms with Gasteiger partial charge in [-0.3, -0.25) is 4.98 Å². The van der Waals surface area contributed by atoms with Gasteiger partial charge in [-0.25, -0.2) is 0 Å². The molecule has 0 saturated heterocycles.